The van der Waals surface area contributed by atoms with Crippen molar-refractivity contribution in [2.75, 3.05) is 4.90 Å². The minimum absolute atomic E-state index is 0.00252. The van der Waals surface area contributed by atoms with Gasteiger partial charge in [0.05, 0.1) is 11.7 Å². The molecule has 0 radical (unpaired) electrons. The van der Waals surface area contributed by atoms with Crippen LogP contribution in [-0.4, -0.2) is 14.7 Å². The summed E-state index contributed by atoms with van der Waals surface area (Å²) in [4.78, 5) is 6.72. The van der Waals surface area contributed by atoms with Crippen molar-refractivity contribution >= 4 is 34.6 Å². The number of benzene rings is 1. The number of rotatable bonds is 3. The van der Waals surface area contributed by atoms with Crippen molar-refractivity contribution in [3.05, 3.63) is 82.9 Å². The zero-order valence-corrected chi connectivity index (χ0v) is 16.1. The van der Waals surface area contributed by atoms with Crippen LogP contribution in [0.4, 0.5) is 5.69 Å². The molecule has 132 valence electrons. The monoisotopic (exact) mass is 382 g/mol. The number of hydrogen-bond donors (Lipinski definition) is 1. The van der Waals surface area contributed by atoms with Crippen molar-refractivity contribution in [2.45, 2.75) is 19.0 Å². The number of halogens is 1. The van der Waals surface area contributed by atoms with Crippen LogP contribution in [-0.2, 0) is 7.05 Å². The van der Waals surface area contributed by atoms with E-state index in [-0.39, 0.29) is 12.1 Å². The predicted octanol–water partition coefficient (Wildman–Crippen LogP) is 4.56. The maximum atomic E-state index is 6.08. The molecule has 0 bridgehead atoms. The van der Waals surface area contributed by atoms with Gasteiger partial charge in [-0.3, -0.25) is 4.98 Å². The topological polar surface area (TPSA) is 33.1 Å². The molecule has 1 saturated heterocycles. The summed E-state index contributed by atoms with van der Waals surface area (Å²) in [7, 11) is 2.08. The fourth-order valence-corrected chi connectivity index (χ4v) is 3.94. The molecule has 26 heavy (non-hydrogen) atoms. The van der Waals surface area contributed by atoms with Crippen molar-refractivity contribution in [3.63, 3.8) is 0 Å². The smallest absolute Gasteiger partial charge is 0.174 e. The van der Waals surface area contributed by atoms with Crippen LogP contribution in [0.5, 0.6) is 0 Å². The summed E-state index contributed by atoms with van der Waals surface area (Å²) in [6.45, 7) is 2.10. The number of pyridine rings is 1. The summed E-state index contributed by atoms with van der Waals surface area (Å²) in [6, 6.07) is 18.0. The van der Waals surface area contributed by atoms with Crippen LogP contribution < -0.4 is 10.2 Å². The highest BCUT2D eigenvalue weighted by atomic mass is 35.5. The van der Waals surface area contributed by atoms with Crippen molar-refractivity contribution < 1.29 is 0 Å². The zero-order valence-electron chi connectivity index (χ0n) is 14.6. The summed E-state index contributed by atoms with van der Waals surface area (Å²) in [6.07, 6.45) is 1.82. The lowest BCUT2D eigenvalue weighted by molar-refractivity contribution is 0.539. The maximum absolute atomic E-state index is 6.08. The average Bonchev–Trinajstić information content (AvgIpc) is 3.16. The van der Waals surface area contributed by atoms with Crippen LogP contribution in [0.25, 0.3) is 0 Å². The quantitative estimate of drug-likeness (QED) is 0.673. The van der Waals surface area contributed by atoms with E-state index in [0.717, 1.165) is 11.4 Å². The largest absolute Gasteiger partial charge is 0.351 e. The molecule has 0 aliphatic carbocycles. The van der Waals surface area contributed by atoms with Crippen LogP contribution in [0.3, 0.4) is 0 Å². The highest BCUT2D eigenvalue weighted by Gasteiger charge is 2.41. The lowest BCUT2D eigenvalue weighted by Gasteiger charge is -2.28. The fraction of sp³-hybridized carbons (Fsp3) is 0.200. The van der Waals surface area contributed by atoms with Gasteiger partial charge in [0.15, 0.2) is 5.11 Å². The maximum Gasteiger partial charge on any atom is 0.174 e. The first-order valence-electron chi connectivity index (χ1n) is 8.44. The van der Waals surface area contributed by atoms with Gasteiger partial charge in [0.2, 0.25) is 0 Å². The van der Waals surface area contributed by atoms with Crippen molar-refractivity contribution in [1.29, 1.82) is 0 Å². The third kappa shape index (κ3) is 2.87. The number of thiocarbonyl (C=S) groups is 1. The Kier molecular flexibility index (Phi) is 4.42. The molecule has 1 aliphatic rings. The SMILES string of the molecule is Cc1ccc([C@@H]2[C@H](c3ccccn3)NC(=S)N2c2ccc(Cl)cc2)n1C. The summed E-state index contributed by atoms with van der Waals surface area (Å²) in [5.41, 5.74) is 4.36. The number of aryl methyl sites for hydroxylation is 1. The molecule has 1 aliphatic heterocycles. The van der Waals surface area contributed by atoms with Crippen LogP contribution >= 0.6 is 23.8 Å². The molecule has 0 unspecified atom stereocenters. The Morgan fingerprint density at radius 1 is 1.08 bits per heavy atom. The van der Waals surface area contributed by atoms with E-state index in [4.69, 9.17) is 23.8 Å². The Hall–Kier alpha value is -2.37. The predicted molar refractivity (Wildman–Crippen MR) is 110 cm³/mol. The summed E-state index contributed by atoms with van der Waals surface area (Å²) < 4.78 is 2.21. The van der Waals surface area contributed by atoms with Crippen LogP contribution in [0.15, 0.2) is 60.8 Å². The summed E-state index contributed by atoms with van der Waals surface area (Å²) in [5, 5.41) is 4.86. The minimum atomic E-state index is -0.0348. The Morgan fingerprint density at radius 2 is 1.85 bits per heavy atom. The first-order chi connectivity index (χ1) is 12.6. The van der Waals surface area contributed by atoms with Gasteiger partial charge in [0, 0.05) is 35.3 Å². The van der Waals surface area contributed by atoms with E-state index in [1.54, 1.807) is 0 Å². The third-order valence-corrected chi connectivity index (χ3v) is 5.48. The van der Waals surface area contributed by atoms with E-state index in [9.17, 15) is 0 Å². The molecule has 3 aromatic rings. The molecule has 1 N–H and O–H groups in total. The van der Waals surface area contributed by atoms with E-state index in [1.807, 2.05) is 48.7 Å². The zero-order chi connectivity index (χ0) is 18.3. The molecule has 6 heteroatoms. The van der Waals surface area contributed by atoms with E-state index in [0.29, 0.717) is 10.1 Å². The molecular formula is C20H19ClN4S. The first-order valence-corrected chi connectivity index (χ1v) is 9.23. The Bertz CT molecular complexity index is 936. The van der Waals surface area contributed by atoms with E-state index in [1.165, 1.54) is 11.4 Å². The van der Waals surface area contributed by atoms with Gasteiger partial charge >= 0.3 is 0 Å². The van der Waals surface area contributed by atoms with Crippen LogP contribution in [0, 0.1) is 6.92 Å². The highest BCUT2D eigenvalue weighted by Crippen LogP contribution is 2.41. The van der Waals surface area contributed by atoms with Gasteiger partial charge in [-0.2, -0.15) is 0 Å². The lowest BCUT2D eigenvalue weighted by Crippen LogP contribution is -2.30. The molecule has 0 saturated carbocycles. The lowest BCUT2D eigenvalue weighted by atomic mass is 10.0. The molecule has 4 rings (SSSR count). The van der Waals surface area contributed by atoms with Gasteiger partial charge < -0.3 is 14.8 Å². The molecule has 4 nitrogen and oxygen atoms in total. The fourth-order valence-electron chi connectivity index (χ4n) is 3.47. The number of nitrogens with one attached hydrogen (secondary N) is 1. The molecule has 2 aromatic heterocycles. The number of nitrogens with zero attached hydrogens (tertiary/aromatic N) is 3. The second-order valence-corrected chi connectivity index (χ2v) is 7.25. The van der Waals surface area contributed by atoms with E-state index >= 15 is 0 Å². The molecule has 2 atom stereocenters. The Balaban J connectivity index is 1.85. The molecule has 3 heterocycles. The Morgan fingerprint density at radius 3 is 2.46 bits per heavy atom. The number of anilines is 1. The molecule has 0 amide bonds. The number of hydrogen-bond acceptors (Lipinski definition) is 2. The van der Waals surface area contributed by atoms with Gasteiger partial charge in [0.25, 0.3) is 0 Å². The van der Waals surface area contributed by atoms with Gasteiger partial charge in [-0.15, -0.1) is 0 Å². The van der Waals surface area contributed by atoms with Crippen molar-refractivity contribution in [1.82, 2.24) is 14.9 Å². The van der Waals surface area contributed by atoms with Gasteiger partial charge in [-0.25, -0.2) is 0 Å². The summed E-state index contributed by atoms with van der Waals surface area (Å²) >= 11 is 11.8. The van der Waals surface area contributed by atoms with Gasteiger partial charge in [0.1, 0.15) is 6.04 Å². The summed E-state index contributed by atoms with van der Waals surface area (Å²) in [5.74, 6) is 0. The second kappa shape index (κ2) is 6.74. The standard InChI is InChI=1S/C20H19ClN4S/c1-13-6-11-17(24(13)2)19-18(16-5-3-4-12-22-16)23-20(26)25(19)15-9-7-14(21)8-10-15/h3-12,18-19H,1-2H3,(H,23,26)/t18-,19+/m0/s1. The first kappa shape index (κ1) is 17.1. The van der Waals surface area contributed by atoms with Gasteiger partial charge in [-0.05, 0) is 67.7 Å². The minimum Gasteiger partial charge on any atom is -0.351 e. The van der Waals surface area contributed by atoms with Crippen molar-refractivity contribution in [2.24, 2.45) is 7.05 Å². The normalized spacial score (nSPS) is 19.7. The third-order valence-electron chi connectivity index (χ3n) is 4.92. The average molecular weight is 383 g/mol. The molecule has 1 fully saturated rings. The van der Waals surface area contributed by atoms with Gasteiger partial charge in [-0.1, -0.05) is 17.7 Å². The molecule has 0 spiro atoms. The van der Waals surface area contributed by atoms with Crippen LogP contribution in [0.1, 0.15) is 29.2 Å². The molecular weight excluding hydrogens is 364 g/mol. The van der Waals surface area contributed by atoms with E-state index < -0.39 is 0 Å². The van der Waals surface area contributed by atoms with Crippen LogP contribution in [0.2, 0.25) is 5.02 Å². The highest BCUT2D eigenvalue weighted by molar-refractivity contribution is 7.80. The molecule has 1 aromatic carbocycles. The van der Waals surface area contributed by atoms with Crippen molar-refractivity contribution in [3.8, 4) is 0 Å². The number of aromatic nitrogens is 2. The van der Waals surface area contributed by atoms with E-state index in [2.05, 4.69) is 45.9 Å². The Labute approximate surface area is 163 Å². The second-order valence-electron chi connectivity index (χ2n) is 6.43.